The minimum Gasteiger partial charge on any atom is -0.751 e. The zero-order chi connectivity index (χ0) is 10.1. The first-order valence-electron chi connectivity index (χ1n) is 4.68. The molecule has 2 rings (SSSR count). The van der Waals surface area contributed by atoms with E-state index in [0.29, 0.717) is 6.17 Å². The second-order valence-electron chi connectivity index (χ2n) is 3.47. The van der Waals surface area contributed by atoms with E-state index in [1.54, 1.807) is 0 Å². The first-order chi connectivity index (χ1) is 6.70. The van der Waals surface area contributed by atoms with E-state index in [4.69, 9.17) is 12.6 Å². The minimum atomic E-state index is -0.0580. The minimum absolute atomic E-state index is 0.0580. The molecular formula is C10H14N3S-. The van der Waals surface area contributed by atoms with Crippen LogP contribution in [0, 0.1) is 0 Å². The third-order valence-corrected chi connectivity index (χ3v) is 2.92. The van der Waals surface area contributed by atoms with Gasteiger partial charge in [0.15, 0.2) is 0 Å². The van der Waals surface area contributed by atoms with Crippen LogP contribution in [0.2, 0.25) is 0 Å². The van der Waals surface area contributed by atoms with E-state index in [0.717, 1.165) is 5.69 Å². The van der Waals surface area contributed by atoms with Gasteiger partial charge in [-0.25, -0.2) is 5.01 Å². The lowest BCUT2D eigenvalue weighted by Crippen LogP contribution is -2.36. The number of nitrogens with zero attached hydrogens (tertiary/aromatic N) is 2. The quantitative estimate of drug-likeness (QED) is 0.697. The number of hydrogen-bond acceptors (Lipinski definition) is 4. The van der Waals surface area contributed by atoms with Gasteiger partial charge in [-0.3, -0.25) is 5.43 Å². The highest BCUT2D eigenvalue weighted by Crippen LogP contribution is 2.23. The van der Waals surface area contributed by atoms with Gasteiger partial charge in [0.2, 0.25) is 0 Å². The van der Waals surface area contributed by atoms with Gasteiger partial charge >= 0.3 is 0 Å². The summed E-state index contributed by atoms with van der Waals surface area (Å²) < 4.78 is 0. The van der Waals surface area contributed by atoms with Crippen molar-refractivity contribution < 1.29 is 0 Å². The lowest BCUT2D eigenvalue weighted by molar-refractivity contribution is 0.249. The highest BCUT2D eigenvalue weighted by molar-refractivity contribution is 7.59. The van der Waals surface area contributed by atoms with Gasteiger partial charge in [-0.1, -0.05) is 18.2 Å². The van der Waals surface area contributed by atoms with Gasteiger partial charge in [0.25, 0.3) is 0 Å². The molecule has 14 heavy (non-hydrogen) atoms. The van der Waals surface area contributed by atoms with E-state index in [2.05, 4.69) is 29.4 Å². The van der Waals surface area contributed by atoms with Gasteiger partial charge in [-0.05, 0) is 24.6 Å². The Morgan fingerprint density at radius 2 is 1.93 bits per heavy atom. The van der Waals surface area contributed by atoms with Crippen LogP contribution in [-0.2, 0) is 12.6 Å². The molecule has 1 saturated heterocycles. The van der Waals surface area contributed by atoms with Crippen LogP contribution in [0.15, 0.2) is 30.3 Å². The molecule has 1 aromatic rings. The van der Waals surface area contributed by atoms with E-state index in [-0.39, 0.29) is 5.50 Å². The molecular weight excluding hydrogens is 194 g/mol. The summed E-state index contributed by atoms with van der Waals surface area (Å²) in [5.41, 5.74) is 4.29. The molecule has 0 bridgehead atoms. The Kier molecular flexibility index (Phi) is 2.67. The zero-order valence-corrected chi connectivity index (χ0v) is 9.16. The van der Waals surface area contributed by atoms with Crippen molar-refractivity contribution >= 4 is 18.3 Å². The van der Waals surface area contributed by atoms with E-state index in [1.807, 2.05) is 30.3 Å². The van der Waals surface area contributed by atoms with E-state index in [9.17, 15) is 0 Å². The fourth-order valence-electron chi connectivity index (χ4n) is 1.68. The molecule has 0 amide bonds. The standard InChI is InChI=1S/C10H15N3S/c1-8-12(2)11-10(14)13(8)9-6-4-3-5-7-9/h3-8,10-11,14H,1-2H3/p-1. The summed E-state index contributed by atoms with van der Waals surface area (Å²) in [5, 5.41) is 2.03. The van der Waals surface area contributed by atoms with Gasteiger partial charge in [0, 0.05) is 12.7 Å². The molecule has 1 N–H and O–H groups in total. The smallest absolute Gasteiger partial charge is 0.0914 e. The SMILES string of the molecule is CC1N(C)NC([S-])N1c1ccccc1. The predicted octanol–water partition coefficient (Wildman–Crippen LogP) is 1.12. The van der Waals surface area contributed by atoms with Crippen LogP contribution >= 0.6 is 0 Å². The van der Waals surface area contributed by atoms with Crippen LogP contribution in [0.5, 0.6) is 0 Å². The summed E-state index contributed by atoms with van der Waals surface area (Å²) in [7, 11) is 2.01. The molecule has 1 fully saturated rings. The Balaban J connectivity index is 2.26. The Labute approximate surface area is 90.1 Å². The summed E-state index contributed by atoms with van der Waals surface area (Å²) in [6, 6.07) is 10.2. The maximum atomic E-state index is 5.33. The lowest BCUT2D eigenvalue weighted by Gasteiger charge is -2.33. The summed E-state index contributed by atoms with van der Waals surface area (Å²) in [5.74, 6) is 0. The summed E-state index contributed by atoms with van der Waals surface area (Å²) in [6.07, 6.45) is 0.292. The Morgan fingerprint density at radius 1 is 1.29 bits per heavy atom. The van der Waals surface area contributed by atoms with Crippen LogP contribution in [0.1, 0.15) is 6.92 Å². The number of hydrogen-bond donors (Lipinski definition) is 1. The molecule has 1 aliphatic rings. The van der Waals surface area contributed by atoms with Crippen molar-refractivity contribution in [1.29, 1.82) is 0 Å². The average Bonchev–Trinajstić information content (AvgIpc) is 2.43. The van der Waals surface area contributed by atoms with E-state index >= 15 is 0 Å². The molecule has 4 heteroatoms. The van der Waals surface area contributed by atoms with E-state index in [1.165, 1.54) is 0 Å². The molecule has 1 aromatic carbocycles. The fraction of sp³-hybridized carbons (Fsp3) is 0.400. The number of para-hydroxylation sites is 1. The van der Waals surface area contributed by atoms with Crippen LogP contribution < -0.4 is 10.3 Å². The van der Waals surface area contributed by atoms with Crippen molar-refractivity contribution in [1.82, 2.24) is 10.4 Å². The number of rotatable bonds is 1. The summed E-state index contributed by atoms with van der Waals surface area (Å²) in [4.78, 5) is 2.18. The third-order valence-electron chi connectivity index (χ3n) is 2.58. The molecule has 2 atom stereocenters. The number of nitrogens with one attached hydrogen (secondary N) is 1. The Hall–Kier alpha value is -0.710. The normalized spacial score (nSPS) is 28.4. The number of hydrazine groups is 1. The topological polar surface area (TPSA) is 18.5 Å². The average molecular weight is 208 g/mol. The molecule has 0 saturated carbocycles. The van der Waals surface area contributed by atoms with Crippen LogP contribution in [0.25, 0.3) is 0 Å². The zero-order valence-electron chi connectivity index (χ0n) is 8.34. The van der Waals surface area contributed by atoms with Crippen LogP contribution in [-0.4, -0.2) is 23.7 Å². The van der Waals surface area contributed by atoms with Crippen molar-refractivity contribution in [2.45, 2.75) is 18.6 Å². The molecule has 1 aliphatic heterocycles. The van der Waals surface area contributed by atoms with Crippen molar-refractivity contribution in [3.05, 3.63) is 30.3 Å². The molecule has 0 spiro atoms. The second kappa shape index (κ2) is 3.81. The molecule has 3 nitrogen and oxygen atoms in total. The third kappa shape index (κ3) is 1.61. The lowest BCUT2D eigenvalue weighted by atomic mass is 10.3. The highest BCUT2D eigenvalue weighted by atomic mass is 32.1. The van der Waals surface area contributed by atoms with Crippen molar-refractivity contribution in [3.8, 4) is 0 Å². The Morgan fingerprint density at radius 3 is 2.43 bits per heavy atom. The maximum Gasteiger partial charge on any atom is 0.0914 e. The first-order valence-corrected chi connectivity index (χ1v) is 5.15. The van der Waals surface area contributed by atoms with Gasteiger partial charge in [-0.15, -0.1) is 0 Å². The van der Waals surface area contributed by atoms with Crippen molar-refractivity contribution in [2.75, 3.05) is 11.9 Å². The first kappa shape index (κ1) is 9.83. The second-order valence-corrected chi connectivity index (χ2v) is 3.91. The molecule has 0 aliphatic carbocycles. The molecule has 0 radical (unpaired) electrons. The Bertz CT molecular complexity index is 303. The summed E-state index contributed by atoms with van der Waals surface area (Å²) in [6.45, 7) is 2.13. The molecule has 0 aromatic heterocycles. The van der Waals surface area contributed by atoms with Crippen LogP contribution in [0.3, 0.4) is 0 Å². The molecule has 76 valence electrons. The van der Waals surface area contributed by atoms with E-state index < -0.39 is 0 Å². The monoisotopic (exact) mass is 208 g/mol. The largest absolute Gasteiger partial charge is 0.751 e. The fourth-order valence-corrected chi connectivity index (χ4v) is 2.14. The maximum absolute atomic E-state index is 5.33. The summed E-state index contributed by atoms with van der Waals surface area (Å²) >= 11 is 5.33. The van der Waals surface area contributed by atoms with Crippen molar-refractivity contribution in [2.24, 2.45) is 0 Å². The highest BCUT2D eigenvalue weighted by Gasteiger charge is 2.26. The number of anilines is 1. The van der Waals surface area contributed by atoms with Gasteiger partial charge in [-0.2, -0.15) is 0 Å². The van der Waals surface area contributed by atoms with Gasteiger partial charge < -0.3 is 17.5 Å². The van der Waals surface area contributed by atoms with Crippen molar-refractivity contribution in [3.63, 3.8) is 0 Å². The number of benzene rings is 1. The van der Waals surface area contributed by atoms with Gasteiger partial charge in [0.05, 0.1) is 6.17 Å². The molecule has 1 heterocycles. The van der Waals surface area contributed by atoms with Crippen LogP contribution in [0.4, 0.5) is 5.69 Å². The molecule has 2 unspecified atom stereocenters. The predicted molar refractivity (Wildman–Crippen MR) is 60.4 cm³/mol. The van der Waals surface area contributed by atoms with Gasteiger partial charge in [0.1, 0.15) is 0 Å².